The van der Waals surface area contributed by atoms with E-state index >= 15 is 0 Å². The topological polar surface area (TPSA) is 55.1 Å². The van der Waals surface area contributed by atoms with Gasteiger partial charge in [-0.3, -0.25) is 4.79 Å². The molecule has 1 atom stereocenters. The molecular weight excluding hydrogens is 264 g/mol. The highest BCUT2D eigenvalue weighted by molar-refractivity contribution is 5.83. The Labute approximate surface area is 122 Å². The average Bonchev–Trinajstić information content (AvgIpc) is 2.50. The maximum Gasteiger partial charge on any atom is 0.266 e. The van der Waals surface area contributed by atoms with Crippen LogP contribution in [0.2, 0.25) is 0 Å². The third kappa shape index (κ3) is 2.85. The summed E-state index contributed by atoms with van der Waals surface area (Å²) in [6.45, 7) is 1.97. The predicted octanol–water partition coefficient (Wildman–Crippen LogP) is 2.44. The second kappa shape index (κ2) is 5.50. The quantitative estimate of drug-likeness (QED) is 0.801. The van der Waals surface area contributed by atoms with E-state index in [9.17, 15) is 9.90 Å². The van der Waals surface area contributed by atoms with Crippen molar-refractivity contribution in [3.05, 3.63) is 76.2 Å². The van der Waals surface area contributed by atoms with E-state index in [1.807, 2.05) is 49.4 Å². The number of benzene rings is 2. The number of aromatic nitrogens is 2. The van der Waals surface area contributed by atoms with Crippen molar-refractivity contribution < 1.29 is 5.11 Å². The van der Waals surface area contributed by atoms with E-state index in [0.717, 1.165) is 22.0 Å². The summed E-state index contributed by atoms with van der Waals surface area (Å²) in [6.07, 6.45) is -0.762. The van der Waals surface area contributed by atoms with Crippen molar-refractivity contribution in [1.29, 1.82) is 0 Å². The summed E-state index contributed by atoms with van der Waals surface area (Å²) in [4.78, 5) is 11.7. The first-order chi connectivity index (χ1) is 10.1. The molecule has 0 radical (unpaired) electrons. The zero-order valence-corrected chi connectivity index (χ0v) is 11.7. The van der Waals surface area contributed by atoms with Crippen molar-refractivity contribution >= 4 is 10.8 Å². The molecule has 3 aromatic rings. The van der Waals surface area contributed by atoms with Crippen molar-refractivity contribution in [1.82, 2.24) is 9.78 Å². The van der Waals surface area contributed by atoms with E-state index in [1.54, 1.807) is 6.07 Å². The van der Waals surface area contributed by atoms with Gasteiger partial charge in [0.1, 0.15) is 0 Å². The molecule has 4 nitrogen and oxygen atoms in total. The fraction of sp³-hybridized carbons (Fsp3) is 0.176. The van der Waals surface area contributed by atoms with Crippen molar-refractivity contribution in [3.8, 4) is 0 Å². The van der Waals surface area contributed by atoms with E-state index < -0.39 is 6.10 Å². The SMILES string of the molecule is Cc1ccc(=O)n(CC(O)c2ccc3ccccc3c2)n1. The summed E-state index contributed by atoms with van der Waals surface area (Å²) < 4.78 is 1.30. The number of fused-ring (bicyclic) bond motifs is 1. The largest absolute Gasteiger partial charge is 0.386 e. The molecule has 1 unspecified atom stereocenters. The standard InChI is InChI=1S/C17H16N2O2/c1-12-6-9-17(21)19(18-12)11-16(20)15-8-7-13-4-2-3-5-14(13)10-15/h2-10,16,20H,11H2,1H3. The lowest BCUT2D eigenvalue weighted by Gasteiger charge is -2.13. The maximum absolute atomic E-state index is 11.7. The van der Waals surface area contributed by atoms with E-state index in [1.165, 1.54) is 10.7 Å². The minimum Gasteiger partial charge on any atom is -0.386 e. The van der Waals surface area contributed by atoms with Crippen LogP contribution in [0.4, 0.5) is 0 Å². The highest BCUT2D eigenvalue weighted by Gasteiger charge is 2.11. The molecule has 0 spiro atoms. The number of rotatable bonds is 3. The Hall–Kier alpha value is -2.46. The van der Waals surface area contributed by atoms with Gasteiger partial charge in [0.2, 0.25) is 0 Å². The first-order valence-corrected chi connectivity index (χ1v) is 6.85. The fourth-order valence-corrected chi connectivity index (χ4v) is 2.37. The molecular formula is C17H16N2O2. The van der Waals surface area contributed by atoms with Gasteiger partial charge in [0.15, 0.2) is 0 Å². The lowest BCUT2D eigenvalue weighted by molar-refractivity contribution is 0.149. The number of aliphatic hydroxyl groups excluding tert-OH is 1. The third-order valence-corrected chi connectivity index (χ3v) is 3.50. The third-order valence-electron chi connectivity index (χ3n) is 3.50. The van der Waals surface area contributed by atoms with Crippen LogP contribution in [0.15, 0.2) is 59.4 Å². The molecule has 106 valence electrons. The Morgan fingerprint density at radius 3 is 2.67 bits per heavy atom. The van der Waals surface area contributed by atoms with Gasteiger partial charge in [-0.15, -0.1) is 0 Å². The van der Waals surface area contributed by atoms with Crippen LogP contribution in [-0.4, -0.2) is 14.9 Å². The number of nitrogens with zero attached hydrogens (tertiary/aromatic N) is 2. The monoisotopic (exact) mass is 280 g/mol. The van der Waals surface area contributed by atoms with Gasteiger partial charge in [-0.1, -0.05) is 36.4 Å². The lowest BCUT2D eigenvalue weighted by atomic mass is 10.0. The summed E-state index contributed by atoms with van der Waals surface area (Å²) >= 11 is 0. The molecule has 0 bridgehead atoms. The van der Waals surface area contributed by atoms with Crippen molar-refractivity contribution in [2.75, 3.05) is 0 Å². The van der Waals surface area contributed by atoms with E-state index in [0.29, 0.717) is 0 Å². The molecule has 0 aliphatic carbocycles. The van der Waals surface area contributed by atoms with Gasteiger partial charge in [0.05, 0.1) is 18.3 Å². The van der Waals surface area contributed by atoms with E-state index in [4.69, 9.17) is 0 Å². The summed E-state index contributed by atoms with van der Waals surface area (Å²) in [6, 6.07) is 16.9. The molecule has 0 saturated heterocycles. The molecule has 2 aromatic carbocycles. The molecule has 1 aromatic heterocycles. The molecule has 0 saturated carbocycles. The number of hydrogen-bond acceptors (Lipinski definition) is 3. The van der Waals surface area contributed by atoms with Crippen LogP contribution in [0.25, 0.3) is 10.8 Å². The highest BCUT2D eigenvalue weighted by Crippen LogP contribution is 2.21. The smallest absolute Gasteiger partial charge is 0.266 e. The lowest BCUT2D eigenvalue weighted by Crippen LogP contribution is -2.25. The van der Waals surface area contributed by atoms with Crippen LogP contribution in [0.1, 0.15) is 17.4 Å². The highest BCUT2D eigenvalue weighted by atomic mass is 16.3. The number of hydrogen-bond donors (Lipinski definition) is 1. The zero-order valence-electron chi connectivity index (χ0n) is 11.7. The molecule has 0 aliphatic heterocycles. The number of aryl methyl sites for hydroxylation is 1. The van der Waals surface area contributed by atoms with Crippen molar-refractivity contribution in [2.24, 2.45) is 0 Å². The van der Waals surface area contributed by atoms with Crippen molar-refractivity contribution in [2.45, 2.75) is 19.6 Å². The van der Waals surface area contributed by atoms with Gasteiger partial charge in [0, 0.05) is 6.07 Å². The van der Waals surface area contributed by atoms with Gasteiger partial charge in [-0.25, -0.2) is 4.68 Å². The second-order valence-electron chi connectivity index (χ2n) is 5.12. The van der Waals surface area contributed by atoms with Gasteiger partial charge in [-0.05, 0) is 35.4 Å². The normalized spacial score (nSPS) is 12.5. The molecule has 21 heavy (non-hydrogen) atoms. The Morgan fingerprint density at radius 2 is 1.86 bits per heavy atom. The van der Waals surface area contributed by atoms with Crippen LogP contribution in [-0.2, 0) is 6.54 Å². The molecule has 1 N–H and O–H groups in total. The molecule has 0 amide bonds. The van der Waals surface area contributed by atoms with Crippen LogP contribution in [0, 0.1) is 6.92 Å². The summed E-state index contributed by atoms with van der Waals surface area (Å²) in [5, 5.41) is 16.7. The Morgan fingerprint density at radius 1 is 1.10 bits per heavy atom. The predicted molar refractivity (Wildman–Crippen MR) is 82.1 cm³/mol. The minimum absolute atomic E-state index is 0.152. The summed E-state index contributed by atoms with van der Waals surface area (Å²) in [5.41, 5.74) is 1.32. The van der Waals surface area contributed by atoms with E-state index in [-0.39, 0.29) is 12.1 Å². The van der Waals surface area contributed by atoms with Gasteiger partial charge in [0.25, 0.3) is 5.56 Å². The van der Waals surface area contributed by atoms with Crippen LogP contribution in [0.3, 0.4) is 0 Å². The van der Waals surface area contributed by atoms with E-state index in [2.05, 4.69) is 5.10 Å². The average molecular weight is 280 g/mol. The van der Waals surface area contributed by atoms with Gasteiger partial charge >= 0.3 is 0 Å². The molecule has 0 fully saturated rings. The van der Waals surface area contributed by atoms with Crippen LogP contribution < -0.4 is 5.56 Å². The van der Waals surface area contributed by atoms with Crippen LogP contribution in [0.5, 0.6) is 0 Å². The minimum atomic E-state index is -0.762. The van der Waals surface area contributed by atoms with Crippen molar-refractivity contribution in [3.63, 3.8) is 0 Å². The van der Waals surface area contributed by atoms with Crippen LogP contribution >= 0.6 is 0 Å². The maximum atomic E-state index is 11.7. The zero-order chi connectivity index (χ0) is 14.8. The first-order valence-electron chi connectivity index (χ1n) is 6.85. The summed E-state index contributed by atoms with van der Waals surface area (Å²) in [7, 11) is 0. The Kier molecular flexibility index (Phi) is 3.54. The second-order valence-corrected chi connectivity index (χ2v) is 5.12. The molecule has 3 rings (SSSR count). The summed E-state index contributed by atoms with van der Waals surface area (Å²) in [5.74, 6) is 0. The van der Waals surface area contributed by atoms with Gasteiger partial charge in [-0.2, -0.15) is 5.10 Å². The molecule has 0 aliphatic rings. The Balaban J connectivity index is 1.91. The Bertz CT molecular complexity index is 839. The molecule has 1 heterocycles. The fourth-order valence-electron chi connectivity index (χ4n) is 2.37. The first kappa shape index (κ1) is 13.5. The number of aliphatic hydroxyl groups is 1. The van der Waals surface area contributed by atoms with Gasteiger partial charge < -0.3 is 5.11 Å². The molecule has 4 heteroatoms.